The number of nitrogens with two attached hydrogens (primary N) is 1. The van der Waals surface area contributed by atoms with Gasteiger partial charge in [-0.1, -0.05) is 19.1 Å². The number of aromatic nitrogens is 1. The minimum atomic E-state index is -0.220. The Kier molecular flexibility index (Phi) is 7.83. The van der Waals surface area contributed by atoms with Gasteiger partial charge in [0.1, 0.15) is 25.6 Å². The third kappa shape index (κ3) is 5.58. The van der Waals surface area contributed by atoms with Gasteiger partial charge in [-0.2, -0.15) is 9.59 Å². The van der Waals surface area contributed by atoms with Crippen LogP contribution < -0.4 is 25.3 Å². The lowest BCUT2D eigenvalue weighted by atomic mass is 10.1. The largest absolute Gasteiger partial charge is 0.491 e. The van der Waals surface area contributed by atoms with E-state index in [2.05, 4.69) is 10.3 Å². The normalized spacial score (nSPS) is 12.7. The molecule has 9 heteroatoms. The Morgan fingerprint density at radius 1 is 1.21 bits per heavy atom. The zero-order chi connectivity index (χ0) is 23.8. The first kappa shape index (κ1) is 23.6. The third-order valence-electron chi connectivity index (χ3n) is 5.03. The summed E-state index contributed by atoms with van der Waals surface area (Å²) >= 11 is 0. The lowest BCUT2D eigenvalue weighted by Gasteiger charge is -2.22. The number of aryl methyl sites for hydroxylation is 1. The van der Waals surface area contributed by atoms with Crippen LogP contribution in [0.4, 0.5) is 5.69 Å². The maximum absolute atomic E-state index is 12.9. The van der Waals surface area contributed by atoms with Crippen molar-refractivity contribution in [2.24, 2.45) is 0 Å². The molecule has 0 unspecified atom stereocenters. The van der Waals surface area contributed by atoms with E-state index in [0.717, 1.165) is 16.6 Å². The number of carbonyl (C=O) groups is 1. The minimum Gasteiger partial charge on any atom is -0.491 e. The van der Waals surface area contributed by atoms with E-state index in [9.17, 15) is 4.79 Å². The molecule has 2 heterocycles. The van der Waals surface area contributed by atoms with Crippen molar-refractivity contribution in [2.45, 2.75) is 26.3 Å². The number of hydrogen-bond acceptors (Lipinski definition) is 8. The van der Waals surface area contributed by atoms with E-state index in [1.807, 2.05) is 38.1 Å². The molecule has 2 aromatic carbocycles. The molecule has 0 bridgehead atoms. The second-order valence-electron chi connectivity index (χ2n) is 7.31. The van der Waals surface area contributed by atoms with Gasteiger partial charge in [0.2, 0.25) is 0 Å². The fraction of sp³-hybridized carbons (Fsp3) is 0.292. The number of anilines is 1. The molecule has 1 aromatic heterocycles. The van der Waals surface area contributed by atoms with Gasteiger partial charge in [0, 0.05) is 11.4 Å². The lowest BCUT2D eigenvalue weighted by Crippen LogP contribution is -2.39. The summed E-state index contributed by atoms with van der Waals surface area (Å²) in [7, 11) is 0. The van der Waals surface area contributed by atoms with Crippen molar-refractivity contribution in [3.05, 3.63) is 53.7 Å². The molecule has 1 aliphatic rings. The molecular weight excluding hydrogens is 426 g/mol. The fourth-order valence-electron chi connectivity index (χ4n) is 3.51. The Balaban J connectivity index is 0.000000968. The molecule has 172 valence electrons. The molecular formula is C24H25N3O6. The van der Waals surface area contributed by atoms with Crippen molar-refractivity contribution in [3.63, 3.8) is 0 Å². The second-order valence-corrected chi connectivity index (χ2v) is 7.31. The Morgan fingerprint density at radius 3 is 2.70 bits per heavy atom. The van der Waals surface area contributed by atoms with Crippen LogP contribution in [-0.2, 0) is 9.59 Å². The first-order valence-corrected chi connectivity index (χ1v) is 10.5. The van der Waals surface area contributed by atoms with Crippen LogP contribution in [0.2, 0.25) is 0 Å². The summed E-state index contributed by atoms with van der Waals surface area (Å²) in [4.78, 5) is 33.6. The van der Waals surface area contributed by atoms with Crippen molar-refractivity contribution in [3.8, 4) is 17.2 Å². The molecule has 3 N–H and O–H groups in total. The Labute approximate surface area is 190 Å². The second kappa shape index (κ2) is 11.0. The van der Waals surface area contributed by atoms with Crippen LogP contribution in [0, 0.1) is 6.92 Å². The van der Waals surface area contributed by atoms with Gasteiger partial charge in [-0.3, -0.25) is 9.78 Å². The number of carbonyl (C=O) groups excluding carboxylic acids is 3. The SMILES string of the molecule is CC[C@@H](COc1cccc2nc(C)cc(N)c12)NC(=O)c1cccc2c1OCCO2.O=C=O. The molecule has 33 heavy (non-hydrogen) atoms. The van der Waals surface area contributed by atoms with Crippen LogP contribution in [0.25, 0.3) is 10.9 Å². The maximum Gasteiger partial charge on any atom is 0.373 e. The summed E-state index contributed by atoms with van der Waals surface area (Å²) in [6.45, 7) is 5.11. The number of benzene rings is 2. The van der Waals surface area contributed by atoms with Crippen molar-refractivity contribution < 1.29 is 28.6 Å². The molecule has 0 fully saturated rings. The summed E-state index contributed by atoms with van der Waals surface area (Å²) < 4.78 is 17.3. The Morgan fingerprint density at radius 2 is 1.94 bits per heavy atom. The quantitative estimate of drug-likeness (QED) is 0.585. The summed E-state index contributed by atoms with van der Waals surface area (Å²) in [5, 5.41) is 3.81. The standard InChI is InChI=1S/C23H25N3O4.CO2/c1-3-15(26-23(27)16-6-4-9-20-22(16)29-11-10-28-20)13-30-19-8-5-7-18-21(19)17(24)12-14(2)25-18;2-1-3/h4-9,12,15H,3,10-11,13H2,1-2H3,(H2,24,25)(H,26,27);/t15-;/m0./s1. The number of nitrogens with zero attached hydrogens (tertiary/aromatic N) is 1. The number of ether oxygens (including phenoxy) is 3. The summed E-state index contributed by atoms with van der Waals surface area (Å²) in [6.07, 6.45) is 0.954. The van der Waals surface area contributed by atoms with E-state index in [4.69, 9.17) is 29.5 Å². The van der Waals surface area contributed by atoms with Crippen LogP contribution in [0.15, 0.2) is 42.5 Å². The Bertz CT molecular complexity index is 1170. The molecule has 9 nitrogen and oxygen atoms in total. The lowest BCUT2D eigenvalue weighted by molar-refractivity contribution is -0.191. The molecule has 0 radical (unpaired) electrons. The maximum atomic E-state index is 12.9. The third-order valence-corrected chi connectivity index (χ3v) is 5.03. The monoisotopic (exact) mass is 451 g/mol. The zero-order valence-corrected chi connectivity index (χ0v) is 18.4. The zero-order valence-electron chi connectivity index (χ0n) is 18.4. The molecule has 1 atom stereocenters. The summed E-state index contributed by atoms with van der Waals surface area (Å²) in [6, 6.07) is 12.6. The van der Waals surface area contributed by atoms with Crippen molar-refractivity contribution in [1.29, 1.82) is 0 Å². The topological polar surface area (TPSA) is 130 Å². The van der Waals surface area contributed by atoms with Gasteiger partial charge in [0.25, 0.3) is 5.91 Å². The van der Waals surface area contributed by atoms with E-state index < -0.39 is 0 Å². The van der Waals surface area contributed by atoms with E-state index in [1.54, 1.807) is 18.2 Å². The van der Waals surface area contributed by atoms with Gasteiger partial charge in [-0.05, 0) is 43.7 Å². The highest BCUT2D eigenvalue weighted by molar-refractivity contribution is 5.98. The number of amides is 1. The summed E-state index contributed by atoms with van der Waals surface area (Å²) in [5.74, 6) is 1.51. The van der Waals surface area contributed by atoms with Crippen LogP contribution >= 0.6 is 0 Å². The van der Waals surface area contributed by atoms with Crippen LogP contribution in [0.3, 0.4) is 0 Å². The molecule has 0 saturated heterocycles. The number of nitrogen functional groups attached to an aromatic ring is 1. The predicted octanol–water partition coefficient (Wildman–Crippen LogP) is 2.90. The van der Waals surface area contributed by atoms with Crippen LogP contribution in [-0.4, -0.2) is 42.9 Å². The molecule has 1 aliphatic heterocycles. The van der Waals surface area contributed by atoms with Crippen LogP contribution in [0.5, 0.6) is 17.2 Å². The number of nitrogens with one attached hydrogen (secondary N) is 1. The van der Waals surface area contributed by atoms with Gasteiger partial charge in [0.05, 0.1) is 22.5 Å². The number of pyridine rings is 1. The molecule has 0 saturated carbocycles. The van der Waals surface area contributed by atoms with Crippen molar-refractivity contribution in [2.75, 3.05) is 25.6 Å². The highest BCUT2D eigenvalue weighted by Crippen LogP contribution is 2.34. The van der Waals surface area contributed by atoms with Gasteiger partial charge in [0.15, 0.2) is 11.5 Å². The molecule has 3 aromatic rings. The smallest absolute Gasteiger partial charge is 0.373 e. The van der Waals surface area contributed by atoms with Gasteiger partial charge >= 0.3 is 6.15 Å². The first-order chi connectivity index (χ1) is 16.0. The molecule has 4 rings (SSSR count). The molecule has 0 aliphatic carbocycles. The number of hydrogen-bond donors (Lipinski definition) is 2. The van der Waals surface area contributed by atoms with Gasteiger partial charge in [-0.25, -0.2) is 0 Å². The molecule has 0 spiro atoms. The van der Waals surface area contributed by atoms with E-state index >= 15 is 0 Å². The van der Waals surface area contributed by atoms with Gasteiger partial charge in [-0.15, -0.1) is 0 Å². The highest BCUT2D eigenvalue weighted by Gasteiger charge is 2.22. The van der Waals surface area contributed by atoms with Crippen molar-refractivity contribution in [1.82, 2.24) is 10.3 Å². The average molecular weight is 451 g/mol. The fourth-order valence-corrected chi connectivity index (χ4v) is 3.51. The minimum absolute atomic E-state index is 0.187. The molecule has 1 amide bonds. The first-order valence-electron chi connectivity index (χ1n) is 10.5. The number of fused-ring (bicyclic) bond motifs is 2. The highest BCUT2D eigenvalue weighted by atomic mass is 16.6. The van der Waals surface area contributed by atoms with Crippen molar-refractivity contribution >= 4 is 28.6 Å². The van der Waals surface area contributed by atoms with Crippen LogP contribution in [0.1, 0.15) is 29.4 Å². The Hall–Kier alpha value is -4.10. The van der Waals surface area contributed by atoms with E-state index in [1.165, 1.54) is 0 Å². The average Bonchev–Trinajstić information content (AvgIpc) is 2.81. The van der Waals surface area contributed by atoms with Gasteiger partial charge < -0.3 is 25.3 Å². The predicted molar refractivity (Wildman–Crippen MR) is 120 cm³/mol. The number of para-hydroxylation sites is 1. The van der Waals surface area contributed by atoms with E-state index in [0.29, 0.717) is 54.7 Å². The van der Waals surface area contributed by atoms with E-state index in [-0.39, 0.29) is 18.1 Å². The summed E-state index contributed by atoms with van der Waals surface area (Å²) in [5.41, 5.74) is 8.93. The number of rotatable bonds is 6.